The molecule has 0 saturated heterocycles. The SMILES string of the molecule is COc1ccc([C@@H]2CC(=O)Oc3ccc4c(=O)c(-c5ccc(O)cc5)coc4c32)c2ccccc12. The standard InChI is InChI=1S/C29H20O6/c1-33-24-12-10-19(18-4-2-3-5-20(18)24)22-14-26(31)35-25-13-11-21-28(32)23(15-34-29(21)27(22)25)16-6-8-17(30)9-7-16/h2-13,15,22,30H,14H2,1H3/t22-/m0/s1. The van der Waals surface area contributed by atoms with Crippen LogP contribution in [0.15, 0.2) is 88.3 Å². The number of hydrogen-bond donors (Lipinski definition) is 1. The first-order chi connectivity index (χ1) is 17.0. The number of fused-ring (bicyclic) bond motifs is 4. The molecule has 1 aromatic heterocycles. The molecule has 6 heteroatoms. The average molecular weight is 464 g/mol. The van der Waals surface area contributed by atoms with Gasteiger partial charge < -0.3 is 19.0 Å². The van der Waals surface area contributed by atoms with E-state index in [9.17, 15) is 14.7 Å². The van der Waals surface area contributed by atoms with Crippen LogP contribution in [0.1, 0.15) is 23.5 Å². The molecule has 0 amide bonds. The van der Waals surface area contributed by atoms with E-state index in [1.165, 1.54) is 18.4 Å². The topological polar surface area (TPSA) is 86.0 Å². The maximum atomic E-state index is 13.5. The van der Waals surface area contributed by atoms with Gasteiger partial charge >= 0.3 is 5.97 Å². The van der Waals surface area contributed by atoms with Crippen LogP contribution in [0.3, 0.4) is 0 Å². The molecule has 1 aliphatic heterocycles. The first-order valence-electron chi connectivity index (χ1n) is 11.2. The van der Waals surface area contributed by atoms with Crippen LogP contribution < -0.4 is 14.9 Å². The second-order valence-corrected chi connectivity index (χ2v) is 8.51. The lowest BCUT2D eigenvalue weighted by Crippen LogP contribution is -2.22. The third kappa shape index (κ3) is 3.34. The van der Waals surface area contributed by atoms with Gasteiger partial charge in [0.05, 0.1) is 24.5 Å². The van der Waals surface area contributed by atoms with E-state index < -0.39 is 0 Å². The lowest BCUT2D eigenvalue weighted by atomic mass is 9.82. The number of ether oxygens (including phenoxy) is 2. The van der Waals surface area contributed by atoms with Gasteiger partial charge in [0.2, 0.25) is 5.43 Å². The first-order valence-corrected chi connectivity index (χ1v) is 11.2. The number of hydrogen-bond acceptors (Lipinski definition) is 6. The Labute approximate surface area is 200 Å². The number of phenolic OH excluding ortho intramolecular Hbond substituents is 1. The van der Waals surface area contributed by atoms with Crippen molar-refractivity contribution in [3.05, 3.63) is 100 Å². The third-order valence-corrected chi connectivity index (χ3v) is 6.57. The Morgan fingerprint density at radius 1 is 0.886 bits per heavy atom. The normalized spacial score (nSPS) is 15.1. The highest BCUT2D eigenvalue weighted by Crippen LogP contribution is 2.45. The van der Waals surface area contributed by atoms with E-state index in [0.717, 1.165) is 22.1 Å². The predicted octanol–water partition coefficient (Wildman–Crippen LogP) is 5.77. The minimum Gasteiger partial charge on any atom is -0.508 e. The second-order valence-electron chi connectivity index (χ2n) is 8.51. The lowest BCUT2D eigenvalue weighted by Gasteiger charge is -2.26. The van der Waals surface area contributed by atoms with Crippen molar-refractivity contribution in [1.82, 2.24) is 0 Å². The summed E-state index contributed by atoms with van der Waals surface area (Å²) in [6.07, 6.45) is 1.54. The van der Waals surface area contributed by atoms with Crippen molar-refractivity contribution < 1.29 is 23.8 Å². The van der Waals surface area contributed by atoms with Crippen molar-refractivity contribution in [2.75, 3.05) is 7.11 Å². The third-order valence-electron chi connectivity index (χ3n) is 6.57. The van der Waals surface area contributed by atoms with Crippen LogP contribution in [0.2, 0.25) is 0 Å². The summed E-state index contributed by atoms with van der Waals surface area (Å²) in [7, 11) is 1.63. The molecule has 2 heterocycles. The molecule has 0 spiro atoms. The number of rotatable bonds is 3. The minimum atomic E-state index is -0.367. The molecule has 1 aliphatic rings. The van der Waals surface area contributed by atoms with Gasteiger partial charge in [-0.25, -0.2) is 0 Å². The molecular formula is C29H20O6. The quantitative estimate of drug-likeness (QED) is 0.270. The van der Waals surface area contributed by atoms with Gasteiger partial charge in [0, 0.05) is 16.9 Å². The van der Waals surface area contributed by atoms with Crippen molar-refractivity contribution in [2.24, 2.45) is 0 Å². The average Bonchev–Trinajstić information content (AvgIpc) is 2.88. The Balaban J connectivity index is 1.60. The smallest absolute Gasteiger partial charge is 0.312 e. The van der Waals surface area contributed by atoms with Gasteiger partial charge in [-0.15, -0.1) is 0 Å². The summed E-state index contributed by atoms with van der Waals surface area (Å²) in [5, 5.41) is 11.9. The molecule has 35 heavy (non-hydrogen) atoms. The fraction of sp³-hybridized carbons (Fsp3) is 0.103. The van der Waals surface area contributed by atoms with Crippen molar-refractivity contribution in [1.29, 1.82) is 0 Å². The summed E-state index contributed by atoms with van der Waals surface area (Å²) in [6, 6.07) is 21.4. The van der Waals surface area contributed by atoms with Gasteiger partial charge in [0.25, 0.3) is 0 Å². The number of esters is 1. The zero-order valence-corrected chi connectivity index (χ0v) is 18.8. The Bertz CT molecular complexity index is 1680. The molecular weight excluding hydrogens is 444 g/mol. The van der Waals surface area contributed by atoms with Gasteiger partial charge in [-0.3, -0.25) is 9.59 Å². The first kappa shape index (κ1) is 21.0. The highest BCUT2D eigenvalue weighted by atomic mass is 16.5. The van der Waals surface area contributed by atoms with Gasteiger partial charge in [0.15, 0.2) is 0 Å². The van der Waals surface area contributed by atoms with Crippen LogP contribution >= 0.6 is 0 Å². The Morgan fingerprint density at radius 2 is 1.66 bits per heavy atom. The Hall–Kier alpha value is -4.58. The maximum absolute atomic E-state index is 13.5. The molecule has 0 unspecified atom stereocenters. The monoisotopic (exact) mass is 464 g/mol. The van der Waals surface area contributed by atoms with Gasteiger partial charge in [-0.05, 0) is 46.8 Å². The zero-order chi connectivity index (χ0) is 24.1. The maximum Gasteiger partial charge on any atom is 0.312 e. The fourth-order valence-corrected chi connectivity index (χ4v) is 4.94. The van der Waals surface area contributed by atoms with E-state index in [1.807, 2.05) is 36.4 Å². The molecule has 0 saturated carbocycles. The van der Waals surface area contributed by atoms with Gasteiger partial charge in [-0.2, -0.15) is 0 Å². The molecule has 6 nitrogen and oxygen atoms in total. The van der Waals surface area contributed by atoms with Crippen LogP contribution in [0, 0.1) is 0 Å². The van der Waals surface area contributed by atoms with Crippen molar-refractivity contribution in [2.45, 2.75) is 12.3 Å². The highest BCUT2D eigenvalue weighted by molar-refractivity contribution is 5.95. The second kappa shape index (κ2) is 8.02. The summed E-state index contributed by atoms with van der Waals surface area (Å²) >= 11 is 0. The Morgan fingerprint density at radius 3 is 2.43 bits per heavy atom. The molecule has 5 aromatic rings. The molecule has 1 atom stereocenters. The number of methoxy groups -OCH3 is 1. The number of benzene rings is 4. The summed E-state index contributed by atoms with van der Waals surface area (Å²) in [4.78, 5) is 26.0. The molecule has 0 bridgehead atoms. The van der Waals surface area contributed by atoms with Crippen LogP contribution in [-0.4, -0.2) is 18.2 Å². The number of phenols is 1. The van der Waals surface area contributed by atoms with Crippen molar-refractivity contribution >= 4 is 27.7 Å². The minimum absolute atomic E-state index is 0.115. The molecule has 4 aromatic carbocycles. The van der Waals surface area contributed by atoms with Crippen LogP contribution in [0.25, 0.3) is 32.9 Å². The van der Waals surface area contributed by atoms with E-state index in [1.54, 1.807) is 31.4 Å². The number of carbonyl (C=O) groups excluding carboxylic acids is 1. The van der Waals surface area contributed by atoms with Crippen LogP contribution in [0.5, 0.6) is 17.2 Å². The van der Waals surface area contributed by atoms with Gasteiger partial charge in [-0.1, -0.05) is 42.5 Å². The fourth-order valence-electron chi connectivity index (χ4n) is 4.94. The number of carbonyl (C=O) groups is 1. The molecule has 0 aliphatic carbocycles. The predicted molar refractivity (Wildman–Crippen MR) is 132 cm³/mol. The van der Waals surface area contributed by atoms with Gasteiger partial charge in [0.1, 0.15) is 29.1 Å². The summed E-state index contributed by atoms with van der Waals surface area (Å²) in [5.74, 6) is 0.535. The largest absolute Gasteiger partial charge is 0.508 e. The van der Waals surface area contributed by atoms with Crippen LogP contribution in [0.4, 0.5) is 0 Å². The summed E-state index contributed by atoms with van der Waals surface area (Å²) in [5.41, 5.74) is 2.82. The summed E-state index contributed by atoms with van der Waals surface area (Å²) < 4.78 is 17.2. The van der Waals surface area contributed by atoms with E-state index in [2.05, 4.69) is 0 Å². The molecule has 172 valence electrons. The number of aromatic hydroxyl groups is 1. The Kier molecular flexibility index (Phi) is 4.81. The molecule has 1 N–H and O–H groups in total. The van der Waals surface area contributed by atoms with E-state index in [-0.39, 0.29) is 29.5 Å². The molecule has 6 rings (SSSR count). The zero-order valence-electron chi connectivity index (χ0n) is 18.8. The lowest BCUT2D eigenvalue weighted by molar-refractivity contribution is -0.135. The van der Waals surface area contributed by atoms with Crippen LogP contribution in [-0.2, 0) is 4.79 Å². The van der Waals surface area contributed by atoms with Crippen molar-refractivity contribution in [3.63, 3.8) is 0 Å². The van der Waals surface area contributed by atoms with E-state index in [4.69, 9.17) is 13.9 Å². The van der Waals surface area contributed by atoms with E-state index >= 15 is 0 Å². The van der Waals surface area contributed by atoms with Crippen molar-refractivity contribution in [3.8, 4) is 28.4 Å². The molecule has 0 radical (unpaired) electrons. The highest BCUT2D eigenvalue weighted by Gasteiger charge is 2.33. The molecule has 0 fully saturated rings. The van der Waals surface area contributed by atoms with E-state index in [0.29, 0.717) is 33.4 Å². The summed E-state index contributed by atoms with van der Waals surface area (Å²) in [6.45, 7) is 0.